The van der Waals surface area contributed by atoms with Crippen LogP contribution >= 0.6 is 15.9 Å². The molecule has 0 saturated heterocycles. The van der Waals surface area contributed by atoms with Crippen molar-refractivity contribution in [2.75, 3.05) is 23.8 Å². The van der Waals surface area contributed by atoms with Crippen molar-refractivity contribution in [3.05, 3.63) is 30.5 Å². The zero-order valence-corrected chi connectivity index (χ0v) is 12.2. The van der Waals surface area contributed by atoms with E-state index in [1.165, 1.54) is 24.6 Å². The number of rotatable bonds is 6. The van der Waals surface area contributed by atoms with Crippen molar-refractivity contribution in [3.8, 4) is 0 Å². The molecule has 1 heterocycles. The van der Waals surface area contributed by atoms with Crippen LogP contribution in [0.25, 0.3) is 10.8 Å². The molecule has 0 unspecified atom stereocenters. The average Bonchev–Trinajstić information content (AvgIpc) is 2.43. The molecule has 18 heavy (non-hydrogen) atoms. The number of nitrogens with zero attached hydrogens (tertiary/aromatic N) is 3. The molecule has 0 saturated carbocycles. The van der Waals surface area contributed by atoms with Gasteiger partial charge in [-0.25, -0.2) is 0 Å². The maximum atomic E-state index is 4.27. The predicted molar refractivity (Wildman–Crippen MR) is 80.5 cm³/mol. The van der Waals surface area contributed by atoms with E-state index in [4.69, 9.17) is 0 Å². The van der Waals surface area contributed by atoms with Crippen LogP contribution in [0.4, 0.5) is 5.82 Å². The molecule has 0 spiro atoms. The number of aromatic nitrogens is 2. The van der Waals surface area contributed by atoms with E-state index >= 15 is 0 Å². The first-order chi connectivity index (χ1) is 8.83. The number of unbranched alkanes of at least 4 members (excludes halogenated alkanes) is 2. The van der Waals surface area contributed by atoms with Crippen LogP contribution in [-0.4, -0.2) is 29.1 Å². The zero-order chi connectivity index (χ0) is 12.8. The van der Waals surface area contributed by atoms with Crippen LogP contribution in [0.2, 0.25) is 0 Å². The number of hydrogen-bond donors (Lipinski definition) is 0. The van der Waals surface area contributed by atoms with Crippen molar-refractivity contribution in [2.24, 2.45) is 0 Å². The molecule has 0 aliphatic carbocycles. The van der Waals surface area contributed by atoms with Crippen molar-refractivity contribution in [1.29, 1.82) is 0 Å². The highest BCUT2D eigenvalue weighted by molar-refractivity contribution is 9.09. The van der Waals surface area contributed by atoms with Gasteiger partial charge in [-0.15, -0.1) is 5.10 Å². The Hall–Kier alpha value is -1.16. The van der Waals surface area contributed by atoms with Crippen LogP contribution < -0.4 is 4.90 Å². The second-order valence-electron chi connectivity index (χ2n) is 4.43. The minimum Gasteiger partial charge on any atom is -0.358 e. The Morgan fingerprint density at radius 1 is 1.17 bits per heavy atom. The number of halogens is 1. The third kappa shape index (κ3) is 3.19. The Balaban J connectivity index is 2.10. The quantitative estimate of drug-likeness (QED) is 0.603. The van der Waals surface area contributed by atoms with Crippen LogP contribution in [0.1, 0.15) is 19.3 Å². The van der Waals surface area contributed by atoms with Gasteiger partial charge in [-0.2, -0.15) is 5.10 Å². The van der Waals surface area contributed by atoms with Gasteiger partial charge in [0.1, 0.15) is 0 Å². The van der Waals surface area contributed by atoms with Gasteiger partial charge in [-0.05, 0) is 12.8 Å². The van der Waals surface area contributed by atoms with Gasteiger partial charge in [0.2, 0.25) is 0 Å². The van der Waals surface area contributed by atoms with Gasteiger partial charge in [0, 0.05) is 29.7 Å². The minimum absolute atomic E-state index is 0.979. The molecule has 3 nitrogen and oxygen atoms in total. The second-order valence-corrected chi connectivity index (χ2v) is 5.22. The monoisotopic (exact) mass is 307 g/mol. The normalized spacial score (nSPS) is 10.8. The van der Waals surface area contributed by atoms with Crippen molar-refractivity contribution in [3.63, 3.8) is 0 Å². The average molecular weight is 308 g/mol. The lowest BCUT2D eigenvalue weighted by atomic mass is 10.2. The SMILES string of the molecule is CN(CCCCCBr)c1nncc2ccccc12. The van der Waals surface area contributed by atoms with Gasteiger partial charge < -0.3 is 4.90 Å². The maximum Gasteiger partial charge on any atom is 0.158 e. The fourth-order valence-electron chi connectivity index (χ4n) is 2.02. The summed E-state index contributed by atoms with van der Waals surface area (Å²) in [5.74, 6) is 0.979. The van der Waals surface area contributed by atoms with Crippen LogP contribution in [0.15, 0.2) is 30.5 Å². The number of alkyl halides is 1. The first-order valence-electron chi connectivity index (χ1n) is 6.30. The molecule has 0 fully saturated rings. The number of anilines is 1. The van der Waals surface area contributed by atoms with Gasteiger partial charge in [0.25, 0.3) is 0 Å². The van der Waals surface area contributed by atoms with E-state index in [2.05, 4.69) is 50.2 Å². The minimum atomic E-state index is 0.979. The molecule has 0 amide bonds. The first kappa shape index (κ1) is 13.3. The lowest BCUT2D eigenvalue weighted by Crippen LogP contribution is -2.20. The molecular weight excluding hydrogens is 290 g/mol. The Kier molecular flexibility index (Phi) is 4.93. The summed E-state index contributed by atoms with van der Waals surface area (Å²) in [5, 5.41) is 11.8. The highest BCUT2D eigenvalue weighted by Crippen LogP contribution is 2.22. The summed E-state index contributed by atoms with van der Waals surface area (Å²) in [5.41, 5.74) is 0. The highest BCUT2D eigenvalue weighted by Gasteiger charge is 2.07. The summed E-state index contributed by atoms with van der Waals surface area (Å²) in [6.45, 7) is 1.02. The molecule has 2 aromatic rings. The largest absolute Gasteiger partial charge is 0.358 e. The summed E-state index contributed by atoms with van der Waals surface area (Å²) < 4.78 is 0. The Morgan fingerprint density at radius 2 is 2.00 bits per heavy atom. The lowest BCUT2D eigenvalue weighted by Gasteiger charge is -2.18. The third-order valence-electron chi connectivity index (χ3n) is 3.04. The highest BCUT2D eigenvalue weighted by atomic mass is 79.9. The maximum absolute atomic E-state index is 4.27. The van der Waals surface area contributed by atoms with Crippen LogP contribution in [-0.2, 0) is 0 Å². The van der Waals surface area contributed by atoms with E-state index in [1.54, 1.807) is 0 Å². The predicted octanol–water partition coefficient (Wildman–Crippen LogP) is 3.63. The van der Waals surface area contributed by atoms with Gasteiger partial charge in [0.05, 0.1) is 6.20 Å². The molecule has 96 valence electrons. The summed E-state index contributed by atoms with van der Waals surface area (Å²) >= 11 is 3.46. The van der Waals surface area contributed by atoms with E-state index in [0.29, 0.717) is 0 Å². The van der Waals surface area contributed by atoms with E-state index < -0.39 is 0 Å². The molecule has 0 atom stereocenters. The Bertz CT molecular complexity index is 496. The molecule has 0 bridgehead atoms. The summed E-state index contributed by atoms with van der Waals surface area (Å²) in [7, 11) is 2.09. The molecule has 0 N–H and O–H groups in total. The molecule has 1 aromatic heterocycles. The van der Waals surface area contributed by atoms with Gasteiger partial charge in [-0.3, -0.25) is 0 Å². The molecule has 0 radical (unpaired) electrons. The summed E-state index contributed by atoms with van der Waals surface area (Å²) in [6, 6.07) is 8.26. The van der Waals surface area contributed by atoms with Crippen molar-refractivity contribution in [1.82, 2.24) is 10.2 Å². The number of benzene rings is 1. The van der Waals surface area contributed by atoms with Gasteiger partial charge in [0.15, 0.2) is 5.82 Å². The van der Waals surface area contributed by atoms with Crippen molar-refractivity contribution < 1.29 is 0 Å². The Morgan fingerprint density at radius 3 is 2.83 bits per heavy atom. The van der Waals surface area contributed by atoms with Gasteiger partial charge in [-0.1, -0.05) is 46.6 Å². The van der Waals surface area contributed by atoms with Gasteiger partial charge >= 0.3 is 0 Å². The van der Waals surface area contributed by atoms with Crippen molar-refractivity contribution in [2.45, 2.75) is 19.3 Å². The number of hydrogen-bond acceptors (Lipinski definition) is 3. The molecule has 1 aromatic carbocycles. The molecule has 4 heteroatoms. The number of fused-ring (bicyclic) bond motifs is 1. The summed E-state index contributed by atoms with van der Waals surface area (Å²) in [4.78, 5) is 2.20. The molecule has 0 aliphatic rings. The molecule has 0 aliphatic heterocycles. The smallest absolute Gasteiger partial charge is 0.158 e. The standard InChI is InChI=1S/C14H18BrN3/c1-18(10-6-2-5-9-15)14-13-8-4-3-7-12(13)11-16-17-14/h3-4,7-8,11H,2,5-6,9-10H2,1H3. The van der Waals surface area contributed by atoms with E-state index in [1.807, 2.05) is 18.3 Å². The molecular formula is C14H18BrN3. The van der Waals surface area contributed by atoms with Crippen molar-refractivity contribution >= 4 is 32.5 Å². The third-order valence-corrected chi connectivity index (χ3v) is 3.60. The van der Waals surface area contributed by atoms with Crippen LogP contribution in [0.3, 0.4) is 0 Å². The topological polar surface area (TPSA) is 29.0 Å². The summed E-state index contributed by atoms with van der Waals surface area (Å²) in [6.07, 6.45) is 5.48. The Labute approximate surface area is 116 Å². The second kappa shape index (κ2) is 6.69. The fraction of sp³-hybridized carbons (Fsp3) is 0.429. The van der Waals surface area contributed by atoms with E-state index in [-0.39, 0.29) is 0 Å². The van der Waals surface area contributed by atoms with Crippen LogP contribution in [0, 0.1) is 0 Å². The zero-order valence-electron chi connectivity index (χ0n) is 10.6. The van der Waals surface area contributed by atoms with Crippen LogP contribution in [0.5, 0.6) is 0 Å². The fourth-order valence-corrected chi connectivity index (χ4v) is 2.42. The van der Waals surface area contributed by atoms with E-state index in [0.717, 1.165) is 23.1 Å². The lowest BCUT2D eigenvalue weighted by molar-refractivity contribution is 0.705. The van der Waals surface area contributed by atoms with E-state index in [9.17, 15) is 0 Å². The first-order valence-corrected chi connectivity index (χ1v) is 7.42. The molecule has 2 rings (SSSR count).